The molecule has 162 valence electrons. The average molecular weight is 459 g/mol. The summed E-state index contributed by atoms with van der Waals surface area (Å²) in [7, 11) is 0. The van der Waals surface area contributed by atoms with E-state index in [-0.39, 0.29) is 21.4 Å². The number of hydrogen-bond donors (Lipinski definition) is 1. The summed E-state index contributed by atoms with van der Waals surface area (Å²) in [6.07, 6.45) is -3.02. The molecule has 1 N–H and O–H groups in total. The summed E-state index contributed by atoms with van der Waals surface area (Å²) in [5.74, 6) is 0.346. The van der Waals surface area contributed by atoms with Crippen LogP contribution >= 0.6 is 11.8 Å². The molecule has 0 saturated carbocycles. The number of amides is 1. The largest absolute Gasteiger partial charge is 0.457 e. The molecule has 0 unspecified atom stereocenters. The predicted molar refractivity (Wildman–Crippen MR) is 113 cm³/mol. The summed E-state index contributed by atoms with van der Waals surface area (Å²) >= 11 is 0.966. The monoisotopic (exact) mass is 459 g/mol. The van der Waals surface area contributed by atoms with Crippen LogP contribution < -0.4 is 5.32 Å². The molecule has 1 saturated heterocycles. The predicted octanol–water partition coefficient (Wildman–Crippen LogP) is 5.77. The lowest BCUT2D eigenvalue weighted by Gasteiger charge is -2.06. The fourth-order valence-electron chi connectivity index (χ4n) is 2.81. The molecule has 1 aromatic heterocycles. The third-order valence-electron chi connectivity index (χ3n) is 4.32. The molecule has 1 aliphatic rings. The molecule has 32 heavy (non-hydrogen) atoms. The van der Waals surface area contributed by atoms with E-state index >= 15 is 0 Å². The highest BCUT2D eigenvalue weighted by Gasteiger charge is 2.30. The highest BCUT2D eigenvalue weighted by Crippen LogP contribution is 2.33. The van der Waals surface area contributed by atoms with Crippen LogP contribution in [0.5, 0.6) is 0 Å². The SMILES string of the molecule is O=C1NC(=Nc2cccc(C(F)(F)F)c2)SC1=Cc1ccc(-c2ccc([N+](=O)[O-])cc2)o1. The van der Waals surface area contributed by atoms with E-state index in [1.165, 1.54) is 30.3 Å². The quantitative estimate of drug-likeness (QED) is 0.304. The molecule has 4 rings (SSSR count). The smallest absolute Gasteiger partial charge is 0.416 e. The highest BCUT2D eigenvalue weighted by atomic mass is 32.2. The van der Waals surface area contributed by atoms with Gasteiger partial charge in [0.05, 0.1) is 21.1 Å². The van der Waals surface area contributed by atoms with Crippen LogP contribution in [0.25, 0.3) is 17.4 Å². The van der Waals surface area contributed by atoms with Crippen molar-refractivity contribution >= 4 is 40.3 Å². The molecule has 1 aliphatic heterocycles. The number of nitrogens with one attached hydrogen (secondary N) is 1. The lowest BCUT2D eigenvalue weighted by Crippen LogP contribution is -2.19. The van der Waals surface area contributed by atoms with Gasteiger partial charge in [0.15, 0.2) is 5.17 Å². The van der Waals surface area contributed by atoms with Crippen molar-refractivity contribution in [2.75, 3.05) is 0 Å². The van der Waals surface area contributed by atoms with Gasteiger partial charge in [-0.3, -0.25) is 14.9 Å². The van der Waals surface area contributed by atoms with Crippen LogP contribution in [-0.2, 0) is 11.0 Å². The first-order valence-electron chi connectivity index (χ1n) is 9.00. The first-order chi connectivity index (χ1) is 15.2. The maximum Gasteiger partial charge on any atom is 0.416 e. The maximum absolute atomic E-state index is 12.9. The van der Waals surface area contributed by atoms with Crippen LogP contribution in [0.3, 0.4) is 0 Å². The zero-order valence-corrected chi connectivity index (χ0v) is 16.7. The molecule has 2 aromatic carbocycles. The second-order valence-electron chi connectivity index (χ2n) is 6.54. The summed E-state index contributed by atoms with van der Waals surface area (Å²) in [4.78, 5) is 26.8. The van der Waals surface area contributed by atoms with Gasteiger partial charge in [0.1, 0.15) is 11.5 Å². The van der Waals surface area contributed by atoms with Crippen molar-refractivity contribution < 1.29 is 27.3 Å². The topological polar surface area (TPSA) is 97.7 Å². The molecule has 7 nitrogen and oxygen atoms in total. The van der Waals surface area contributed by atoms with Gasteiger partial charge in [-0.25, -0.2) is 4.99 Å². The van der Waals surface area contributed by atoms with E-state index < -0.39 is 22.6 Å². The van der Waals surface area contributed by atoms with E-state index in [0.29, 0.717) is 17.1 Å². The molecule has 1 fully saturated rings. The van der Waals surface area contributed by atoms with Crippen LogP contribution in [0.4, 0.5) is 24.5 Å². The number of rotatable bonds is 4. The van der Waals surface area contributed by atoms with Crippen LogP contribution in [0.2, 0.25) is 0 Å². The Morgan fingerprint density at radius 3 is 2.53 bits per heavy atom. The second-order valence-corrected chi connectivity index (χ2v) is 7.57. The first kappa shape index (κ1) is 21.4. The number of aliphatic imine (C=N–C) groups is 1. The highest BCUT2D eigenvalue weighted by molar-refractivity contribution is 8.18. The van der Waals surface area contributed by atoms with Gasteiger partial charge in [-0.05, 0) is 54.2 Å². The first-order valence-corrected chi connectivity index (χ1v) is 9.82. The lowest BCUT2D eigenvalue weighted by molar-refractivity contribution is -0.384. The number of halogens is 3. The average Bonchev–Trinajstić information content (AvgIpc) is 3.34. The van der Waals surface area contributed by atoms with Crippen molar-refractivity contribution in [2.24, 2.45) is 4.99 Å². The van der Waals surface area contributed by atoms with E-state index in [1.54, 1.807) is 24.3 Å². The van der Waals surface area contributed by atoms with Gasteiger partial charge in [-0.2, -0.15) is 13.2 Å². The fraction of sp³-hybridized carbons (Fsp3) is 0.0476. The molecular weight excluding hydrogens is 447 g/mol. The normalized spacial score (nSPS) is 16.5. The van der Waals surface area contributed by atoms with Crippen molar-refractivity contribution in [1.29, 1.82) is 0 Å². The molecular formula is C21H12F3N3O4S. The van der Waals surface area contributed by atoms with Gasteiger partial charge < -0.3 is 9.73 Å². The van der Waals surface area contributed by atoms with Crippen molar-refractivity contribution in [2.45, 2.75) is 6.18 Å². The Morgan fingerprint density at radius 1 is 1.09 bits per heavy atom. The van der Waals surface area contributed by atoms with Crippen molar-refractivity contribution in [3.63, 3.8) is 0 Å². The molecule has 1 amide bonds. The number of benzene rings is 2. The summed E-state index contributed by atoms with van der Waals surface area (Å²) in [6, 6.07) is 13.6. The molecule has 0 bridgehead atoms. The standard InChI is InChI=1S/C21H12F3N3O4S/c22-21(23,24)13-2-1-3-14(10-13)25-20-26-19(28)18(32-20)11-16-8-9-17(31-16)12-4-6-15(7-5-12)27(29)30/h1-11H,(H,25,26,28). The molecule has 0 radical (unpaired) electrons. The second kappa shape index (κ2) is 8.35. The molecule has 0 atom stereocenters. The van der Waals surface area contributed by atoms with Gasteiger partial charge in [0.2, 0.25) is 0 Å². The summed E-state index contributed by atoms with van der Waals surface area (Å²) in [5.41, 5.74) is -0.203. The van der Waals surface area contributed by atoms with Crippen molar-refractivity contribution in [3.05, 3.63) is 87.0 Å². The molecule has 3 aromatic rings. The number of hydrogen-bond acceptors (Lipinski definition) is 6. The van der Waals surface area contributed by atoms with Crippen molar-refractivity contribution in [3.8, 4) is 11.3 Å². The minimum Gasteiger partial charge on any atom is -0.457 e. The number of nitro groups is 1. The van der Waals surface area contributed by atoms with E-state index in [0.717, 1.165) is 23.9 Å². The minimum absolute atomic E-state index is 0.0470. The van der Waals surface area contributed by atoms with Gasteiger partial charge in [0.25, 0.3) is 11.6 Å². The number of alkyl halides is 3. The number of nitrogens with zero attached hydrogens (tertiary/aromatic N) is 2. The third kappa shape index (κ3) is 4.72. The number of non-ortho nitro benzene ring substituents is 1. The number of carbonyl (C=O) groups excluding carboxylic acids is 1. The Hall–Kier alpha value is -3.86. The Morgan fingerprint density at radius 2 is 1.84 bits per heavy atom. The number of carbonyl (C=O) groups is 1. The lowest BCUT2D eigenvalue weighted by atomic mass is 10.1. The number of nitro benzene ring substituents is 1. The Labute approximate surface area is 182 Å². The molecule has 2 heterocycles. The van der Waals surface area contributed by atoms with Gasteiger partial charge in [0, 0.05) is 23.8 Å². The van der Waals surface area contributed by atoms with Gasteiger partial charge >= 0.3 is 6.18 Å². The fourth-order valence-corrected chi connectivity index (χ4v) is 3.63. The summed E-state index contributed by atoms with van der Waals surface area (Å²) < 4.78 is 44.2. The number of thioether (sulfide) groups is 1. The van der Waals surface area contributed by atoms with Gasteiger partial charge in [-0.1, -0.05) is 6.07 Å². The van der Waals surface area contributed by atoms with Crippen LogP contribution in [0, 0.1) is 10.1 Å². The van der Waals surface area contributed by atoms with E-state index in [2.05, 4.69) is 10.3 Å². The Bertz CT molecular complexity index is 1260. The van der Waals surface area contributed by atoms with Crippen molar-refractivity contribution in [1.82, 2.24) is 5.32 Å². The zero-order chi connectivity index (χ0) is 22.9. The summed E-state index contributed by atoms with van der Waals surface area (Å²) in [6.45, 7) is 0. The van der Waals surface area contributed by atoms with Crippen LogP contribution in [-0.4, -0.2) is 16.0 Å². The zero-order valence-electron chi connectivity index (χ0n) is 15.9. The molecule has 0 aliphatic carbocycles. The van der Waals surface area contributed by atoms with E-state index in [1.807, 2.05) is 0 Å². The third-order valence-corrected chi connectivity index (χ3v) is 5.23. The maximum atomic E-state index is 12.9. The van der Waals surface area contributed by atoms with E-state index in [9.17, 15) is 28.1 Å². The Kier molecular flexibility index (Phi) is 5.57. The molecule has 11 heteroatoms. The van der Waals surface area contributed by atoms with Crippen LogP contribution in [0.1, 0.15) is 11.3 Å². The number of amidine groups is 1. The van der Waals surface area contributed by atoms with Gasteiger partial charge in [-0.15, -0.1) is 0 Å². The minimum atomic E-state index is -4.49. The molecule has 0 spiro atoms. The summed E-state index contributed by atoms with van der Waals surface area (Å²) in [5, 5.41) is 13.4. The van der Waals surface area contributed by atoms with Crippen LogP contribution in [0.15, 0.2) is 75.0 Å². The van der Waals surface area contributed by atoms with E-state index in [4.69, 9.17) is 4.42 Å². The Balaban J connectivity index is 1.52. The number of furan rings is 1.